The average Bonchev–Trinajstić information content (AvgIpc) is 2.98. The van der Waals surface area contributed by atoms with E-state index < -0.39 is 0 Å². The van der Waals surface area contributed by atoms with E-state index in [0.717, 1.165) is 32.6 Å². The normalized spacial score (nSPS) is 16.7. The molecule has 2 heterocycles. The molecule has 0 saturated carbocycles. The Labute approximate surface area is 127 Å². The van der Waals surface area contributed by atoms with Gasteiger partial charge in [0.15, 0.2) is 0 Å². The van der Waals surface area contributed by atoms with Gasteiger partial charge in [-0.15, -0.1) is 0 Å². The number of hydrogen-bond donors (Lipinski definition) is 2. The Kier molecular flexibility index (Phi) is 5.99. The SMILES string of the molecule is CCCNc1ncccc1C(=O)NC(C)CN1CCCC1. The zero-order valence-corrected chi connectivity index (χ0v) is 13.1. The molecule has 1 aromatic heterocycles. The number of nitrogens with one attached hydrogen (secondary N) is 2. The van der Waals surface area contributed by atoms with E-state index in [9.17, 15) is 4.79 Å². The standard InChI is InChI=1S/C16H26N4O/c1-3-8-17-15-14(7-6-9-18-15)16(21)19-13(2)12-20-10-4-5-11-20/h6-7,9,13H,3-5,8,10-12H2,1-2H3,(H,17,18)(H,19,21). The Morgan fingerprint density at radius 1 is 1.43 bits per heavy atom. The third-order valence-electron chi connectivity index (χ3n) is 3.70. The Hall–Kier alpha value is -1.62. The lowest BCUT2D eigenvalue weighted by Gasteiger charge is -2.21. The minimum absolute atomic E-state index is 0.0478. The first-order valence-corrected chi connectivity index (χ1v) is 7.92. The molecule has 2 N–H and O–H groups in total. The van der Waals surface area contributed by atoms with Crippen molar-refractivity contribution in [2.45, 2.75) is 39.2 Å². The second-order valence-electron chi connectivity index (χ2n) is 5.71. The number of aromatic nitrogens is 1. The largest absolute Gasteiger partial charge is 0.369 e. The van der Waals surface area contributed by atoms with Gasteiger partial charge in [0.25, 0.3) is 5.91 Å². The predicted molar refractivity (Wildman–Crippen MR) is 85.6 cm³/mol. The molecule has 1 unspecified atom stereocenters. The van der Waals surface area contributed by atoms with Crippen LogP contribution in [-0.4, -0.2) is 48.0 Å². The predicted octanol–water partition coefficient (Wildman–Crippen LogP) is 2.12. The molecule has 0 bridgehead atoms. The molecular formula is C16H26N4O. The van der Waals surface area contributed by atoms with Crippen LogP contribution in [0, 0.1) is 0 Å². The third-order valence-corrected chi connectivity index (χ3v) is 3.70. The molecule has 1 aliphatic heterocycles. The fraction of sp³-hybridized carbons (Fsp3) is 0.625. The first-order valence-electron chi connectivity index (χ1n) is 7.92. The highest BCUT2D eigenvalue weighted by atomic mass is 16.1. The fourth-order valence-electron chi connectivity index (χ4n) is 2.67. The van der Waals surface area contributed by atoms with Crippen LogP contribution >= 0.6 is 0 Å². The summed E-state index contributed by atoms with van der Waals surface area (Å²) in [5.41, 5.74) is 0.624. The van der Waals surface area contributed by atoms with Crippen molar-refractivity contribution in [3.05, 3.63) is 23.9 Å². The van der Waals surface area contributed by atoms with Gasteiger partial charge < -0.3 is 15.5 Å². The second-order valence-corrected chi connectivity index (χ2v) is 5.71. The van der Waals surface area contributed by atoms with Crippen molar-refractivity contribution in [1.29, 1.82) is 0 Å². The summed E-state index contributed by atoms with van der Waals surface area (Å²) in [6.45, 7) is 8.19. The summed E-state index contributed by atoms with van der Waals surface area (Å²) in [5, 5.41) is 6.29. The smallest absolute Gasteiger partial charge is 0.255 e. The van der Waals surface area contributed by atoms with Crippen LogP contribution in [0.1, 0.15) is 43.5 Å². The maximum absolute atomic E-state index is 12.4. The zero-order chi connectivity index (χ0) is 15.1. The molecule has 5 nitrogen and oxygen atoms in total. The average molecular weight is 290 g/mol. The van der Waals surface area contributed by atoms with Crippen LogP contribution in [-0.2, 0) is 0 Å². The first-order chi connectivity index (χ1) is 10.2. The van der Waals surface area contributed by atoms with Crippen molar-refractivity contribution in [3.8, 4) is 0 Å². The van der Waals surface area contributed by atoms with E-state index >= 15 is 0 Å². The molecule has 1 atom stereocenters. The molecule has 21 heavy (non-hydrogen) atoms. The molecule has 2 rings (SSSR count). The summed E-state index contributed by atoms with van der Waals surface area (Å²) in [4.78, 5) is 19.1. The highest BCUT2D eigenvalue weighted by Crippen LogP contribution is 2.12. The Morgan fingerprint density at radius 2 is 2.19 bits per heavy atom. The minimum atomic E-state index is -0.0478. The van der Waals surface area contributed by atoms with Gasteiger partial charge in [0, 0.05) is 25.3 Å². The number of pyridine rings is 1. The lowest BCUT2D eigenvalue weighted by Crippen LogP contribution is -2.41. The van der Waals surface area contributed by atoms with E-state index in [1.54, 1.807) is 12.3 Å². The molecule has 0 radical (unpaired) electrons. The minimum Gasteiger partial charge on any atom is -0.369 e. The van der Waals surface area contributed by atoms with Gasteiger partial charge in [-0.1, -0.05) is 6.92 Å². The van der Waals surface area contributed by atoms with E-state index in [1.165, 1.54) is 12.8 Å². The van der Waals surface area contributed by atoms with Gasteiger partial charge in [-0.3, -0.25) is 4.79 Å². The highest BCUT2D eigenvalue weighted by molar-refractivity contribution is 5.98. The van der Waals surface area contributed by atoms with E-state index in [1.807, 2.05) is 6.07 Å². The summed E-state index contributed by atoms with van der Waals surface area (Å²) in [7, 11) is 0. The number of anilines is 1. The van der Waals surface area contributed by atoms with Crippen LogP contribution in [0.3, 0.4) is 0 Å². The second kappa shape index (κ2) is 7.98. The van der Waals surface area contributed by atoms with E-state index in [-0.39, 0.29) is 11.9 Å². The maximum atomic E-state index is 12.4. The monoisotopic (exact) mass is 290 g/mol. The van der Waals surface area contributed by atoms with E-state index in [2.05, 4.69) is 34.4 Å². The topological polar surface area (TPSA) is 57.3 Å². The van der Waals surface area contributed by atoms with Crippen LogP contribution in [0.5, 0.6) is 0 Å². The maximum Gasteiger partial charge on any atom is 0.255 e. The van der Waals surface area contributed by atoms with Crippen molar-refractivity contribution in [2.24, 2.45) is 0 Å². The van der Waals surface area contributed by atoms with Gasteiger partial charge in [0.05, 0.1) is 5.56 Å². The lowest BCUT2D eigenvalue weighted by molar-refractivity contribution is 0.0932. The lowest BCUT2D eigenvalue weighted by atomic mass is 10.2. The molecule has 5 heteroatoms. The number of likely N-dealkylation sites (tertiary alicyclic amines) is 1. The Morgan fingerprint density at radius 3 is 2.90 bits per heavy atom. The molecule has 0 aliphatic carbocycles. The number of rotatable bonds is 7. The number of hydrogen-bond acceptors (Lipinski definition) is 4. The molecule has 1 aliphatic rings. The molecule has 116 valence electrons. The Balaban J connectivity index is 1.92. The molecule has 1 saturated heterocycles. The quantitative estimate of drug-likeness (QED) is 0.807. The van der Waals surface area contributed by atoms with Crippen molar-refractivity contribution >= 4 is 11.7 Å². The van der Waals surface area contributed by atoms with Crippen LogP contribution in [0.15, 0.2) is 18.3 Å². The fourth-order valence-corrected chi connectivity index (χ4v) is 2.67. The number of carbonyl (C=O) groups is 1. The number of nitrogens with zero attached hydrogens (tertiary/aromatic N) is 2. The third kappa shape index (κ3) is 4.70. The van der Waals surface area contributed by atoms with Crippen molar-refractivity contribution in [3.63, 3.8) is 0 Å². The molecule has 0 spiro atoms. The van der Waals surface area contributed by atoms with Crippen LogP contribution in [0.25, 0.3) is 0 Å². The summed E-state index contributed by atoms with van der Waals surface area (Å²) in [6, 6.07) is 3.77. The van der Waals surface area contributed by atoms with Crippen LogP contribution in [0.4, 0.5) is 5.82 Å². The van der Waals surface area contributed by atoms with E-state index in [4.69, 9.17) is 0 Å². The van der Waals surface area contributed by atoms with Gasteiger partial charge in [-0.25, -0.2) is 4.98 Å². The van der Waals surface area contributed by atoms with Crippen LogP contribution in [0.2, 0.25) is 0 Å². The van der Waals surface area contributed by atoms with Crippen LogP contribution < -0.4 is 10.6 Å². The zero-order valence-electron chi connectivity index (χ0n) is 13.1. The highest BCUT2D eigenvalue weighted by Gasteiger charge is 2.18. The van der Waals surface area contributed by atoms with Crippen molar-refractivity contribution in [2.75, 3.05) is 31.5 Å². The van der Waals surface area contributed by atoms with Gasteiger partial charge in [0.2, 0.25) is 0 Å². The van der Waals surface area contributed by atoms with Gasteiger partial charge in [-0.2, -0.15) is 0 Å². The van der Waals surface area contributed by atoms with Gasteiger partial charge in [0.1, 0.15) is 5.82 Å². The molecule has 0 aromatic carbocycles. The first kappa shape index (κ1) is 15.8. The molecule has 1 aromatic rings. The van der Waals surface area contributed by atoms with Gasteiger partial charge >= 0.3 is 0 Å². The summed E-state index contributed by atoms with van der Waals surface area (Å²) >= 11 is 0. The van der Waals surface area contributed by atoms with Gasteiger partial charge in [-0.05, 0) is 51.4 Å². The molecule has 1 amide bonds. The van der Waals surface area contributed by atoms with Crippen molar-refractivity contribution < 1.29 is 4.79 Å². The summed E-state index contributed by atoms with van der Waals surface area (Å²) in [6.07, 6.45) is 5.26. The van der Waals surface area contributed by atoms with Crippen molar-refractivity contribution in [1.82, 2.24) is 15.2 Å². The Bertz CT molecular complexity index is 457. The summed E-state index contributed by atoms with van der Waals surface area (Å²) < 4.78 is 0. The molecule has 1 fully saturated rings. The summed E-state index contributed by atoms with van der Waals surface area (Å²) in [5.74, 6) is 0.624. The molecular weight excluding hydrogens is 264 g/mol. The number of amides is 1. The number of carbonyl (C=O) groups excluding carboxylic acids is 1. The van der Waals surface area contributed by atoms with E-state index in [0.29, 0.717) is 11.4 Å².